The van der Waals surface area contributed by atoms with Crippen molar-refractivity contribution in [1.82, 2.24) is 0 Å². The molecule has 2 heteroatoms. The smallest absolute Gasteiger partial charge is 0.163 e. The molecular formula is C20H22O2. The number of carbonyl (C=O) groups excluding carboxylic acids is 1. The fraction of sp³-hybridized carbons (Fsp3) is 0.500. The van der Waals surface area contributed by atoms with Gasteiger partial charge in [-0.3, -0.25) is 4.79 Å². The molecule has 4 rings (SSSR count). The van der Waals surface area contributed by atoms with Gasteiger partial charge in [0, 0.05) is 12.0 Å². The van der Waals surface area contributed by atoms with E-state index in [4.69, 9.17) is 0 Å². The molecule has 0 bridgehead atoms. The largest absolute Gasteiger partial charge is 0.508 e. The molecule has 0 aliphatic heterocycles. The second kappa shape index (κ2) is 4.60. The summed E-state index contributed by atoms with van der Waals surface area (Å²) in [5.41, 5.74) is 6.67. The zero-order valence-corrected chi connectivity index (χ0v) is 13.1. The van der Waals surface area contributed by atoms with E-state index in [1.165, 1.54) is 5.57 Å². The second-order valence-electron chi connectivity index (χ2n) is 7.43. The number of phenols is 1. The summed E-state index contributed by atoms with van der Waals surface area (Å²) in [5, 5.41) is 9.69. The molecule has 3 aliphatic carbocycles. The fourth-order valence-corrected chi connectivity index (χ4v) is 5.49. The molecular weight excluding hydrogens is 272 g/mol. The third-order valence-electron chi connectivity index (χ3n) is 6.59. The van der Waals surface area contributed by atoms with Crippen LogP contribution in [0.2, 0.25) is 0 Å². The summed E-state index contributed by atoms with van der Waals surface area (Å²) >= 11 is 0. The van der Waals surface area contributed by atoms with Crippen molar-refractivity contribution in [3.63, 3.8) is 0 Å². The molecule has 2 nitrogen and oxygen atoms in total. The summed E-state index contributed by atoms with van der Waals surface area (Å²) in [7, 11) is 0. The molecule has 4 atom stereocenters. The summed E-state index contributed by atoms with van der Waals surface area (Å²) in [6.07, 6.45) is 5.16. The molecule has 0 aromatic heterocycles. The average molecular weight is 294 g/mol. The van der Waals surface area contributed by atoms with Crippen molar-refractivity contribution in [3.8, 4) is 5.75 Å². The average Bonchev–Trinajstić information content (AvgIpc) is 2.84. The van der Waals surface area contributed by atoms with Crippen LogP contribution < -0.4 is 0 Å². The van der Waals surface area contributed by atoms with Gasteiger partial charge < -0.3 is 5.11 Å². The van der Waals surface area contributed by atoms with Crippen LogP contribution in [0.5, 0.6) is 5.75 Å². The monoisotopic (exact) mass is 294 g/mol. The number of allylic oxidation sites excluding steroid dienone is 1. The van der Waals surface area contributed by atoms with Gasteiger partial charge >= 0.3 is 0 Å². The van der Waals surface area contributed by atoms with Gasteiger partial charge in [-0.15, -0.1) is 5.73 Å². The van der Waals surface area contributed by atoms with E-state index in [1.54, 1.807) is 12.1 Å². The van der Waals surface area contributed by atoms with E-state index in [9.17, 15) is 9.90 Å². The predicted octanol–water partition coefficient (Wildman–Crippen LogP) is 4.60. The fourth-order valence-electron chi connectivity index (χ4n) is 5.49. The Hall–Kier alpha value is -1.79. The maximum atomic E-state index is 12.6. The van der Waals surface area contributed by atoms with Gasteiger partial charge in [0.1, 0.15) is 5.75 Å². The molecule has 22 heavy (non-hydrogen) atoms. The van der Waals surface area contributed by atoms with Crippen LogP contribution in [-0.2, 0) is 0 Å². The van der Waals surface area contributed by atoms with Gasteiger partial charge in [0.2, 0.25) is 0 Å². The van der Waals surface area contributed by atoms with E-state index < -0.39 is 0 Å². The highest BCUT2D eigenvalue weighted by Gasteiger charge is 2.53. The molecule has 0 spiro atoms. The molecule has 1 aromatic rings. The lowest BCUT2D eigenvalue weighted by Crippen LogP contribution is -2.41. The minimum Gasteiger partial charge on any atom is -0.508 e. The summed E-state index contributed by atoms with van der Waals surface area (Å²) in [6, 6.07) is 5.36. The topological polar surface area (TPSA) is 37.3 Å². The van der Waals surface area contributed by atoms with E-state index in [1.807, 2.05) is 6.07 Å². The van der Waals surface area contributed by atoms with Crippen LogP contribution in [0, 0.1) is 17.3 Å². The number of ketones is 1. The highest BCUT2D eigenvalue weighted by molar-refractivity contribution is 5.99. The Morgan fingerprint density at radius 1 is 1.36 bits per heavy atom. The van der Waals surface area contributed by atoms with Crippen LogP contribution in [0.3, 0.4) is 0 Å². The Labute approximate surface area is 131 Å². The number of phenolic OH excluding ortho intramolecular Hbond substituents is 1. The molecule has 1 N–H and O–H groups in total. The lowest BCUT2D eigenvalue weighted by molar-refractivity contribution is 0.0653. The van der Waals surface area contributed by atoms with Crippen molar-refractivity contribution >= 4 is 5.78 Å². The maximum Gasteiger partial charge on any atom is 0.163 e. The Morgan fingerprint density at radius 3 is 2.95 bits per heavy atom. The number of fused-ring (bicyclic) bond motifs is 5. The Balaban J connectivity index is 1.79. The number of aromatic hydroxyl groups is 1. The van der Waals surface area contributed by atoms with E-state index >= 15 is 0 Å². The standard InChI is InChI=1S/C20H22O2/c1-3-12-4-7-18-16-11-19(22)17-10-13(21)5-6-14(17)15(16)8-9-20(12,18)2/h5-6,10,15-16,18,21H,1,4,7-9,11H2,2H3/t15?,16?,18?,20-/m1/s1. The van der Waals surface area contributed by atoms with Gasteiger partial charge in [0.05, 0.1) is 0 Å². The minimum atomic E-state index is 0.192. The van der Waals surface area contributed by atoms with E-state index in [0.29, 0.717) is 24.2 Å². The van der Waals surface area contributed by atoms with E-state index in [-0.39, 0.29) is 16.9 Å². The molecule has 2 saturated carbocycles. The number of Topliss-reactive ketones (excluding diaryl/α,β-unsaturated/α-hetero) is 1. The Kier molecular flexibility index (Phi) is 2.90. The van der Waals surface area contributed by atoms with Crippen molar-refractivity contribution in [2.24, 2.45) is 17.3 Å². The summed E-state index contributed by atoms with van der Waals surface area (Å²) < 4.78 is 0. The van der Waals surface area contributed by atoms with Crippen LogP contribution in [0.1, 0.15) is 60.9 Å². The maximum absolute atomic E-state index is 12.6. The molecule has 2 fully saturated rings. The van der Waals surface area contributed by atoms with E-state index in [2.05, 4.69) is 19.2 Å². The molecule has 0 radical (unpaired) electrons. The summed E-state index contributed by atoms with van der Waals surface area (Å²) in [4.78, 5) is 12.6. The summed E-state index contributed by atoms with van der Waals surface area (Å²) in [6.45, 7) is 6.24. The first-order valence-electron chi connectivity index (χ1n) is 8.30. The Bertz CT molecular complexity index is 710. The van der Waals surface area contributed by atoms with Gasteiger partial charge in [-0.1, -0.05) is 19.6 Å². The number of carbonyl (C=O) groups is 1. The quantitative estimate of drug-likeness (QED) is 0.710. The number of rotatable bonds is 0. The van der Waals surface area contributed by atoms with Gasteiger partial charge in [-0.25, -0.2) is 0 Å². The number of hydrogen-bond acceptors (Lipinski definition) is 2. The zero-order chi connectivity index (χ0) is 15.5. The molecule has 0 heterocycles. The van der Waals surface area contributed by atoms with Crippen LogP contribution in [0.15, 0.2) is 36.1 Å². The molecule has 0 amide bonds. The second-order valence-corrected chi connectivity index (χ2v) is 7.43. The normalized spacial score (nSPS) is 36.3. The lowest BCUT2D eigenvalue weighted by atomic mass is 9.55. The first-order valence-corrected chi connectivity index (χ1v) is 8.30. The molecule has 3 aliphatic rings. The third-order valence-corrected chi connectivity index (χ3v) is 6.59. The molecule has 0 saturated heterocycles. The summed E-state index contributed by atoms with van der Waals surface area (Å²) in [5.74, 6) is 1.88. The van der Waals surface area contributed by atoms with Gasteiger partial charge in [-0.2, -0.15) is 0 Å². The molecule has 3 unspecified atom stereocenters. The van der Waals surface area contributed by atoms with Crippen molar-refractivity contribution in [3.05, 3.63) is 47.2 Å². The van der Waals surface area contributed by atoms with Gasteiger partial charge in [0.15, 0.2) is 5.78 Å². The highest BCUT2D eigenvalue weighted by Crippen LogP contribution is 2.62. The highest BCUT2D eigenvalue weighted by atomic mass is 16.3. The predicted molar refractivity (Wildman–Crippen MR) is 86.0 cm³/mol. The first kappa shape index (κ1) is 13.8. The zero-order valence-electron chi connectivity index (χ0n) is 13.1. The van der Waals surface area contributed by atoms with Crippen LogP contribution in [-0.4, -0.2) is 10.9 Å². The number of benzene rings is 1. The SMILES string of the molecule is C=C=C1CCC2C3CC(=O)c4cc(O)ccc4C3CC[C@]12C. The van der Waals surface area contributed by atoms with E-state index in [0.717, 1.165) is 36.8 Å². The molecule has 1 aromatic carbocycles. The third kappa shape index (κ3) is 1.71. The van der Waals surface area contributed by atoms with Crippen LogP contribution in [0.25, 0.3) is 0 Å². The lowest BCUT2D eigenvalue weighted by Gasteiger charge is -2.48. The van der Waals surface area contributed by atoms with Crippen molar-refractivity contribution in [1.29, 1.82) is 0 Å². The molecule has 114 valence electrons. The van der Waals surface area contributed by atoms with Crippen molar-refractivity contribution < 1.29 is 9.90 Å². The van der Waals surface area contributed by atoms with Crippen LogP contribution in [0.4, 0.5) is 0 Å². The first-order chi connectivity index (χ1) is 10.5. The van der Waals surface area contributed by atoms with Crippen LogP contribution >= 0.6 is 0 Å². The van der Waals surface area contributed by atoms with Gasteiger partial charge in [0.25, 0.3) is 0 Å². The minimum absolute atomic E-state index is 0.192. The number of hydrogen-bond donors (Lipinski definition) is 1. The van der Waals surface area contributed by atoms with Crippen molar-refractivity contribution in [2.45, 2.75) is 44.9 Å². The van der Waals surface area contributed by atoms with Crippen molar-refractivity contribution in [2.75, 3.05) is 0 Å². The Morgan fingerprint density at radius 2 is 2.18 bits per heavy atom. The van der Waals surface area contributed by atoms with Gasteiger partial charge in [-0.05, 0) is 72.1 Å².